The number of amides is 2. The zero-order chi connectivity index (χ0) is 31.4. The number of nitrogens with zero attached hydrogens (tertiary/aromatic N) is 3. The third kappa shape index (κ3) is 6.55. The first kappa shape index (κ1) is 31.4. The second kappa shape index (κ2) is 13.3. The number of sulfonamides is 1. The maximum Gasteiger partial charge on any atom is 0.263 e. The lowest BCUT2D eigenvalue weighted by Crippen LogP contribution is -2.53. The molecule has 1 heterocycles. The molecule has 230 valence electrons. The van der Waals surface area contributed by atoms with E-state index >= 15 is 0 Å². The van der Waals surface area contributed by atoms with Gasteiger partial charge in [0.15, 0.2) is 0 Å². The lowest BCUT2D eigenvalue weighted by Gasteiger charge is -2.39. The summed E-state index contributed by atoms with van der Waals surface area (Å²) in [5.41, 5.74) is 2.70. The number of aryl methyl sites for hydroxylation is 1. The van der Waals surface area contributed by atoms with Gasteiger partial charge in [0.1, 0.15) is 0 Å². The lowest BCUT2D eigenvalue weighted by molar-refractivity contribution is -0.133. The molecule has 4 aromatic rings. The van der Waals surface area contributed by atoms with Gasteiger partial charge in [0.25, 0.3) is 5.91 Å². The molecule has 44 heavy (non-hydrogen) atoms. The number of anilines is 2. The minimum atomic E-state index is -3.94. The van der Waals surface area contributed by atoms with Crippen LogP contribution in [0.25, 0.3) is 10.8 Å². The molecule has 0 aromatic heterocycles. The number of likely N-dealkylation sites (tertiary alicyclic amines) is 1. The van der Waals surface area contributed by atoms with E-state index in [1.165, 1.54) is 0 Å². The molecule has 0 saturated carbocycles. The Hall–Kier alpha value is -4.05. The van der Waals surface area contributed by atoms with Crippen LogP contribution in [-0.4, -0.2) is 69.8 Å². The van der Waals surface area contributed by atoms with Gasteiger partial charge < -0.3 is 9.80 Å². The highest BCUT2D eigenvalue weighted by molar-refractivity contribution is 7.89. The number of likely N-dealkylation sites (N-methyl/N-ethyl adjacent to an activating group) is 1. The number of piperidine rings is 1. The van der Waals surface area contributed by atoms with Crippen LogP contribution in [0.2, 0.25) is 0 Å². The highest BCUT2D eigenvalue weighted by Gasteiger charge is 2.34. The fraction of sp³-hybridized carbons (Fsp3) is 0.314. The minimum Gasteiger partial charge on any atom is -0.341 e. The molecule has 1 saturated heterocycles. The monoisotopic (exact) mass is 612 g/mol. The van der Waals surface area contributed by atoms with E-state index in [9.17, 15) is 18.0 Å². The summed E-state index contributed by atoms with van der Waals surface area (Å²) in [4.78, 5) is 32.3. The maximum absolute atomic E-state index is 14.1. The molecule has 0 aliphatic carbocycles. The normalized spacial score (nSPS) is 17.2. The van der Waals surface area contributed by atoms with Crippen molar-refractivity contribution in [2.24, 2.45) is 5.92 Å². The molecule has 0 unspecified atom stereocenters. The Morgan fingerprint density at radius 3 is 2.23 bits per heavy atom. The van der Waals surface area contributed by atoms with E-state index in [-0.39, 0.29) is 28.7 Å². The molecule has 8 nitrogen and oxygen atoms in total. The first-order valence-electron chi connectivity index (χ1n) is 15.0. The van der Waals surface area contributed by atoms with Crippen molar-refractivity contribution in [3.63, 3.8) is 0 Å². The van der Waals surface area contributed by atoms with Crippen LogP contribution in [0, 0.1) is 12.8 Å². The average molecular weight is 613 g/mol. The van der Waals surface area contributed by atoms with Crippen LogP contribution in [0.15, 0.2) is 95.9 Å². The highest BCUT2D eigenvalue weighted by atomic mass is 32.2. The minimum absolute atomic E-state index is 0.00418. The maximum atomic E-state index is 14.1. The van der Waals surface area contributed by atoms with E-state index in [1.807, 2.05) is 111 Å². The quantitative estimate of drug-likeness (QED) is 0.266. The van der Waals surface area contributed by atoms with E-state index in [0.29, 0.717) is 53.8 Å². The molecule has 0 bridgehead atoms. The van der Waals surface area contributed by atoms with Crippen molar-refractivity contribution in [2.75, 3.05) is 38.6 Å². The summed E-state index contributed by atoms with van der Waals surface area (Å²) < 4.78 is 31.0. The van der Waals surface area contributed by atoms with Crippen molar-refractivity contribution >= 4 is 44.0 Å². The molecule has 1 N–H and O–H groups in total. The Kier molecular flexibility index (Phi) is 9.48. The van der Waals surface area contributed by atoms with Crippen LogP contribution in [0.4, 0.5) is 11.4 Å². The van der Waals surface area contributed by atoms with Gasteiger partial charge in [-0.2, -0.15) is 0 Å². The predicted molar refractivity (Wildman–Crippen MR) is 176 cm³/mol. The van der Waals surface area contributed by atoms with Crippen LogP contribution in [0.3, 0.4) is 0 Å². The molecule has 4 aromatic carbocycles. The Labute approximate surface area is 260 Å². The molecule has 2 atom stereocenters. The van der Waals surface area contributed by atoms with Crippen LogP contribution in [0.1, 0.15) is 35.7 Å². The third-order valence-corrected chi connectivity index (χ3v) is 9.90. The van der Waals surface area contributed by atoms with Crippen molar-refractivity contribution in [1.82, 2.24) is 14.5 Å². The first-order chi connectivity index (χ1) is 21.1. The zero-order valence-corrected chi connectivity index (χ0v) is 26.5. The second-order valence-corrected chi connectivity index (χ2v) is 13.4. The first-order valence-corrected chi connectivity index (χ1v) is 16.5. The smallest absolute Gasteiger partial charge is 0.263 e. The SMILES string of the molecule is CC[C@H]1CN(C(=O)CN(C)C)CC[C@H]1NS(=O)(=O)c1ccc(N(C(=O)c2ccccc2C)c2ccccc2)c2ccccc12. The Balaban J connectivity index is 1.51. The summed E-state index contributed by atoms with van der Waals surface area (Å²) in [6.45, 7) is 5.28. The van der Waals surface area contributed by atoms with Crippen molar-refractivity contribution in [1.29, 1.82) is 0 Å². The van der Waals surface area contributed by atoms with Gasteiger partial charge in [-0.1, -0.05) is 74.0 Å². The summed E-state index contributed by atoms with van der Waals surface area (Å²) in [5, 5.41) is 1.18. The number of para-hydroxylation sites is 1. The summed E-state index contributed by atoms with van der Waals surface area (Å²) in [5.74, 6) is -0.149. The van der Waals surface area contributed by atoms with Crippen molar-refractivity contribution in [2.45, 2.75) is 37.6 Å². The van der Waals surface area contributed by atoms with Gasteiger partial charge in [-0.05, 0) is 69.3 Å². The Morgan fingerprint density at radius 2 is 1.55 bits per heavy atom. The number of hydrogen-bond acceptors (Lipinski definition) is 5. The van der Waals surface area contributed by atoms with E-state index in [0.717, 1.165) is 12.0 Å². The number of carbonyl (C=O) groups is 2. The van der Waals surface area contributed by atoms with Gasteiger partial charge in [0.2, 0.25) is 15.9 Å². The van der Waals surface area contributed by atoms with E-state index < -0.39 is 10.0 Å². The van der Waals surface area contributed by atoms with Crippen molar-refractivity contribution < 1.29 is 18.0 Å². The van der Waals surface area contributed by atoms with Gasteiger partial charge in [0, 0.05) is 41.2 Å². The van der Waals surface area contributed by atoms with Crippen LogP contribution in [0.5, 0.6) is 0 Å². The molecular formula is C35H40N4O4S. The van der Waals surface area contributed by atoms with Crippen LogP contribution >= 0.6 is 0 Å². The second-order valence-electron chi connectivity index (χ2n) is 11.7. The number of fused-ring (bicyclic) bond motifs is 1. The fourth-order valence-corrected chi connectivity index (χ4v) is 7.57. The molecule has 9 heteroatoms. The molecule has 5 rings (SSSR count). The van der Waals surface area contributed by atoms with Gasteiger partial charge in [-0.25, -0.2) is 13.1 Å². The lowest BCUT2D eigenvalue weighted by atomic mass is 9.90. The molecule has 0 radical (unpaired) electrons. The summed E-state index contributed by atoms with van der Waals surface area (Å²) in [7, 11) is -0.209. The van der Waals surface area contributed by atoms with Gasteiger partial charge >= 0.3 is 0 Å². The van der Waals surface area contributed by atoms with Gasteiger partial charge in [-0.3, -0.25) is 14.5 Å². The van der Waals surface area contributed by atoms with Crippen molar-refractivity contribution in [3.8, 4) is 0 Å². The van der Waals surface area contributed by atoms with Crippen LogP contribution < -0.4 is 9.62 Å². The topological polar surface area (TPSA) is 90.0 Å². The fourth-order valence-electron chi connectivity index (χ4n) is 6.02. The standard InChI is InChI=1S/C35H40N4O4S/c1-5-26-23-38(34(40)24-37(3)4)22-21-31(26)36-44(42,43)33-20-19-32(29-17-11-12-18-30(29)33)39(27-14-7-6-8-15-27)35(41)28-16-10-9-13-25(28)2/h6-20,26,31,36H,5,21-24H2,1-4H3/t26-,31+/m0/s1. The molecule has 0 spiro atoms. The van der Waals surface area contributed by atoms with Crippen molar-refractivity contribution in [3.05, 3.63) is 102 Å². The van der Waals surface area contributed by atoms with E-state index in [4.69, 9.17) is 0 Å². The summed E-state index contributed by atoms with van der Waals surface area (Å²) in [6.07, 6.45) is 1.28. The molecule has 1 aliphatic heterocycles. The predicted octanol–water partition coefficient (Wildman–Crippen LogP) is 5.59. The molecular weight excluding hydrogens is 572 g/mol. The summed E-state index contributed by atoms with van der Waals surface area (Å²) in [6, 6.07) is 27.2. The highest BCUT2D eigenvalue weighted by Crippen LogP contribution is 2.37. The zero-order valence-electron chi connectivity index (χ0n) is 25.7. The summed E-state index contributed by atoms with van der Waals surface area (Å²) >= 11 is 0. The van der Waals surface area contributed by atoms with E-state index in [2.05, 4.69) is 4.72 Å². The number of hydrogen-bond donors (Lipinski definition) is 1. The molecule has 1 aliphatic rings. The molecule has 2 amide bonds. The number of nitrogens with one attached hydrogen (secondary N) is 1. The number of carbonyl (C=O) groups excluding carboxylic acids is 2. The van der Waals surface area contributed by atoms with E-state index in [1.54, 1.807) is 23.1 Å². The number of rotatable bonds is 9. The Bertz CT molecular complexity index is 1760. The molecule has 1 fully saturated rings. The average Bonchev–Trinajstić information content (AvgIpc) is 3.01. The van der Waals surface area contributed by atoms with Crippen LogP contribution in [-0.2, 0) is 14.8 Å². The Morgan fingerprint density at radius 1 is 0.886 bits per heavy atom. The number of benzene rings is 4. The van der Waals surface area contributed by atoms with Gasteiger partial charge in [0.05, 0.1) is 17.1 Å². The third-order valence-electron chi connectivity index (χ3n) is 8.35. The van der Waals surface area contributed by atoms with Gasteiger partial charge in [-0.15, -0.1) is 0 Å². The largest absolute Gasteiger partial charge is 0.341 e.